The highest BCUT2D eigenvalue weighted by Gasteiger charge is 2.37. The van der Waals surface area contributed by atoms with Gasteiger partial charge in [-0.3, -0.25) is 14.5 Å². The third kappa shape index (κ3) is 4.90. The van der Waals surface area contributed by atoms with Crippen molar-refractivity contribution in [2.75, 3.05) is 7.11 Å². The molecule has 5 nitrogen and oxygen atoms in total. The summed E-state index contributed by atoms with van der Waals surface area (Å²) in [5.41, 5.74) is 2.99. The zero-order valence-electron chi connectivity index (χ0n) is 17.4. The molecule has 2 amide bonds. The number of rotatable bonds is 7. The van der Waals surface area contributed by atoms with Gasteiger partial charge in [0.2, 0.25) is 0 Å². The van der Waals surface area contributed by atoms with Gasteiger partial charge in [-0.05, 0) is 61.4 Å². The van der Waals surface area contributed by atoms with Crippen LogP contribution in [0.4, 0.5) is 4.79 Å². The van der Waals surface area contributed by atoms with Gasteiger partial charge in [-0.2, -0.15) is 0 Å². The first-order valence-corrected chi connectivity index (χ1v) is 11.3. The summed E-state index contributed by atoms with van der Waals surface area (Å²) < 4.78 is 12.2. The van der Waals surface area contributed by atoms with Crippen molar-refractivity contribution in [1.82, 2.24) is 4.90 Å². The van der Waals surface area contributed by atoms with Crippen LogP contribution in [-0.4, -0.2) is 29.2 Å². The quantitative estimate of drug-likeness (QED) is 0.434. The van der Waals surface area contributed by atoms with Crippen molar-refractivity contribution in [2.24, 2.45) is 0 Å². The highest BCUT2D eigenvalue weighted by atomic mass is 79.9. The van der Waals surface area contributed by atoms with Gasteiger partial charge in [0.15, 0.2) is 11.5 Å². The molecular formula is C23H24BrNO4S. The lowest BCUT2D eigenvalue weighted by molar-refractivity contribution is -0.124. The number of carbonyl (C=O) groups is 2. The molecule has 3 rings (SSSR count). The fourth-order valence-corrected chi connectivity index (χ4v) is 4.32. The minimum Gasteiger partial charge on any atom is -0.493 e. The summed E-state index contributed by atoms with van der Waals surface area (Å²) >= 11 is 4.51. The Labute approximate surface area is 189 Å². The third-order valence-corrected chi connectivity index (χ3v) is 6.51. The molecule has 1 atom stereocenters. The fraction of sp³-hybridized carbons (Fsp3) is 0.304. The zero-order chi connectivity index (χ0) is 21.8. The minimum absolute atomic E-state index is 0.126. The van der Waals surface area contributed by atoms with E-state index in [1.165, 1.54) is 10.5 Å². The van der Waals surface area contributed by atoms with E-state index in [-0.39, 0.29) is 17.2 Å². The van der Waals surface area contributed by atoms with Crippen molar-refractivity contribution < 1.29 is 19.1 Å². The summed E-state index contributed by atoms with van der Waals surface area (Å²) in [7, 11) is 1.57. The first kappa shape index (κ1) is 22.4. The maximum absolute atomic E-state index is 12.7. The van der Waals surface area contributed by atoms with Crippen LogP contribution in [-0.2, 0) is 11.4 Å². The highest BCUT2D eigenvalue weighted by molar-refractivity contribution is 9.10. The Balaban J connectivity index is 1.83. The van der Waals surface area contributed by atoms with Gasteiger partial charge >= 0.3 is 0 Å². The molecule has 0 aliphatic carbocycles. The molecule has 0 aromatic heterocycles. The monoisotopic (exact) mass is 489 g/mol. The van der Waals surface area contributed by atoms with Crippen LogP contribution >= 0.6 is 27.7 Å². The maximum Gasteiger partial charge on any atom is 0.293 e. The van der Waals surface area contributed by atoms with Gasteiger partial charge < -0.3 is 9.47 Å². The fourth-order valence-electron chi connectivity index (χ4n) is 2.96. The van der Waals surface area contributed by atoms with Crippen LogP contribution in [0.15, 0.2) is 45.8 Å². The average Bonchev–Trinajstić information content (AvgIpc) is 3.01. The van der Waals surface area contributed by atoms with E-state index < -0.39 is 0 Å². The lowest BCUT2D eigenvalue weighted by atomic mass is 10.1. The number of thioether (sulfide) groups is 1. The molecule has 2 aromatic rings. The molecule has 1 aliphatic rings. The first-order valence-electron chi connectivity index (χ1n) is 9.67. The number of carbonyl (C=O) groups excluding carboxylic acids is 2. The number of hydrogen-bond donors (Lipinski definition) is 0. The van der Waals surface area contributed by atoms with Crippen molar-refractivity contribution in [3.8, 4) is 11.5 Å². The molecular weight excluding hydrogens is 466 g/mol. The van der Waals surface area contributed by atoms with Crippen molar-refractivity contribution >= 4 is 44.9 Å². The van der Waals surface area contributed by atoms with Crippen molar-refractivity contribution in [1.29, 1.82) is 0 Å². The SMILES string of the molecule is CC[C@H](C)N1C(=O)S/C(=C/c2cc(OC)c(OCc3ccc(C)cc3)cc2Br)C1=O. The maximum atomic E-state index is 12.7. The predicted octanol–water partition coefficient (Wildman–Crippen LogP) is 6.18. The summed E-state index contributed by atoms with van der Waals surface area (Å²) in [5.74, 6) is 0.887. The summed E-state index contributed by atoms with van der Waals surface area (Å²) in [6, 6.07) is 11.6. The first-order chi connectivity index (χ1) is 14.3. The Morgan fingerprint density at radius 1 is 1.17 bits per heavy atom. The van der Waals surface area contributed by atoms with Gasteiger partial charge in [-0.1, -0.05) is 52.7 Å². The Bertz CT molecular complexity index is 987. The molecule has 0 bridgehead atoms. The molecule has 1 heterocycles. The average molecular weight is 490 g/mol. The van der Waals surface area contributed by atoms with E-state index in [0.717, 1.165) is 33.8 Å². The Kier molecular flexibility index (Phi) is 7.26. The number of amides is 2. The number of ether oxygens (including phenoxy) is 2. The van der Waals surface area contributed by atoms with E-state index in [1.807, 2.05) is 51.1 Å². The number of halogens is 1. The van der Waals surface area contributed by atoms with E-state index in [2.05, 4.69) is 15.9 Å². The molecule has 0 spiro atoms. The molecule has 30 heavy (non-hydrogen) atoms. The van der Waals surface area contributed by atoms with E-state index in [1.54, 1.807) is 19.3 Å². The van der Waals surface area contributed by atoms with Crippen LogP contribution in [0.2, 0.25) is 0 Å². The Morgan fingerprint density at radius 3 is 2.50 bits per heavy atom. The predicted molar refractivity (Wildman–Crippen MR) is 124 cm³/mol. The van der Waals surface area contributed by atoms with Gasteiger partial charge in [-0.15, -0.1) is 0 Å². The number of hydrogen-bond acceptors (Lipinski definition) is 5. The van der Waals surface area contributed by atoms with Crippen molar-refractivity contribution in [3.63, 3.8) is 0 Å². The normalized spacial score (nSPS) is 16.3. The molecule has 0 radical (unpaired) electrons. The van der Waals surface area contributed by atoms with Gasteiger partial charge in [0.1, 0.15) is 6.61 Å². The molecule has 1 aliphatic heterocycles. The van der Waals surface area contributed by atoms with Crippen LogP contribution in [0.1, 0.15) is 37.0 Å². The molecule has 158 valence electrons. The largest absolute Gasteiger partial charge is 0.493 e. The number of benzene rings is 2. The molecule has 1 fully saturated rings. The van der Waals surface area contributed by atoms with Crippen LogP contribution in [0, 0.1) is 6.92 Å². The molecule has 0 saturated carbocycles. The van der Waals surface area contributed by atoms with E-state index >= 15 is 0 Å². The molecule has 1 saturated heterocycles. The highest BCUT2D eigenvalue weighted by Crippen LogP contribution is 2.39. The standard InChI is InChI=1S/C23H24BrNO4S/c1-5-15(3)25-22(26)21(30-23(25)27)11-17-10-19(28-4)20(12-18(17)24)29-13-16-8-6-14(2)7-9-16/h6-12,15H,5,13H2,1-4H3/b21-11+/t15-/m0/s1. The van der Waals surface area contributed by atoms with Crippen LogP contribution in [0.5, 0.6) is 11.5 Å². The zero-order valence-corrected chi connectivity index (χ0v) is 19.8. The van der Waals surface area contributed by atoms with Gasteiger partial charge in [0.05, 0.1) is 12.0 Å². The second-order valence-electron chi connectivity index (χ2n) is 7.11. The molecule has 7 heteroatoms. The third-order valence-electron chi connectivity index (χ3n) is 4.94. The topological polar surface area (TPSA) is 55.8 Å². The Hall–Kier alpha value is -2.25. The lowest BCUT2D eigenvalue weighted by Gasteiger charge is -2.19. The summed E-state index contributed by atoms with van der Waals surface area (Å²) in [4.78, 5) is 26.7. The van der Waals surface area contributed by atoms with Gasteiger partial charge in [0, 0.05) is 10.5 Å². The number of aryl methyl sites for hydroxylation is 1. The van der Waals surface area contributed by atoms with Crippen LogP contribution in [0.25, 0.3) is 6.08 Å². The molecule has 0 unspecified atom stereocenters. The number of methoxy groups -OCH3 is 1. The van der Waals surface area contributed by atoms with Gasteiger partial charge in [0.25, 0.3) is 11.1 Å². The number of nitrogens with zero attached hydrogens (tertiary/aromatic N) is 1. The molecule has 2 aromatic carbocycles. The second-order valence-corrected chi connectivity index (χ2v) is 8.96. The molecule has 0 N–H and O–H groups in total. The summed E-state index contributed by atoms with van der Waals surface area (Å²) in [5, 5.41) is -0.235. The minimum atomic E-state index is -0.259. The van der Waals surface area contributed by atoms with E-state index in [4.69, 9.17) is 9.47 Å². The number of imide groups is 1. The van der Waals surface area contributed by atoms with Gasteiger partial charge in [-0.25, -0.2) is 0 Å². The van der Waals surface area contributed by atoms with Crippen molar-refractivity contribution in [3.05, 3.63) is 62.5 Å². The lowest BCUT2D eigenvalue weighted by Crippen LogP contribution is -2.36. The Morgan fingerprint density at radius 2 is 1.87 bits per heavy atom. The summed E-state index contributed by atoms with van der Waals surface area (Å²) in [6.45, 7) is 6.28. The van der Waals surface area contributed by atoms with Crippen molar-refractivity contribution in [2.45, 2.75) is 39.8 Å². The van der Waals surface area contributed by atoms with Crippen LogP contribution < -0.4 is 9.47 Å². The summed E-state index contributed by atoms with van der Waals surface area (Å²) in [6.07, 6.45) is 2.43. The smallest absolute Gasteiger partial charge is 0.293 e. The van der Waals surface area contributed by atoms with Crippen LogP contribution in [0.3, 0.4) is 0 Å². The van der Waals surface area contributed by atoms with E-state index in [0.29, 0.717) is 23.0 Å². The van der Waals surface area contributed by atoms with E-state index in [9.17, 15) is 9.59 Å². The second kappa shape index (κ2) is 9.71.